The second-order valence-corrected chi connectivity index (χ2v) is 4.45. The second-order valence-electron chi connectivity index (χ2n) is 3.57. The maximum atomic E-state index is 13.1. The van der Waals surface area contributed by atoms with Crippen molar-refractivity contribution in [2.24, 2.45) is 7.05 Å². The smallest absolute Gasteiger partial charge is 0.125 e. The third kappa shape index (κ3) is 4.41. The highest BCUT2D eigenvalue weighted by Gasteiger charge is 2.00. The Morgan fingerprint density at radius 3 is 2.56 bits per heavy atom. The van der Waals surface area contributed by atoms with Crippen molar-refractivity contribution in [2.45, 2.75) is 25.7 Å². The van der Waals surface area contributed by atoms with E-state index in [4.69, 9.17) is 0 Å². The minimum absolute atomic E-state index is 0.228. The summed E-state index contributed by atoms with van der Waals surface area (Å²) in [4.78, 5) is 0.990. The van der Waals surface area contributed by atoms with Gasteiger partial charge in [0.05, 0.1) is 11.1 Å². The number of hydrogen-bond acceptors (Lipinski definition) is 3. The van der Waals surface area contributed by atoms with Crippen LogP contribution in [0, 0.1) is 12.7 Å². The van der Waals surface area contributed by atoms with E-state index in [0.717, 1.165) is 16.1 Å². The van der Waals surface area contributed by atoms with Crippen LogP contribution in [0.1, 0.15) is 19.4 Å². The number of hydrogen-bond donors (Lipinski definition) is 1. The van der Waals surface area contributed by atoms with Gasteiger partial charge in [-0.1, -0.05) is 13.8 Å². The molecule has 0 atom stereocenters. The lowest BCUT2D eigenvalue weighted by molar-refractivity contribution is 0.627. The predicted octanol–water partition coefficient (Wildman–Crippen LogP) is 4.01. The fourth-order valence-electron chi connectivity index (χ4n) is 1.36. The molecule has 0 spiro atoms. The van der Waals surface area contributed by atoms with Crippen molar-refractivity contribution in [2.75, 3.05) is 4.72 Å². The Hall–Kier alpha value is -1.49. The lowest BCUT2D eigenvalue weighted by Gasteiger charge is -2.04. The number of nitrogens with zero attached hydrogens (tertiary/aromatic N) is 2. The fraction of sp³-hybridized carbons (Fsp3) is 0.308. The van der Waals surface area contributed by atoms with Crippen LogP contribution in [0.25, 0.3) is 0 Å². The average molecular weight is 267 g/mol. The van der Waals surface area contributed by atoms with Crippen LogP contribution in [0.5, 0.6) is 0 Å². The van der Waals surface area contributed by atoms with Crippen LogP contribution in [0.2, 0.25) is 0 Å². The minimum Gasteiger partial charge on any atom is -0.325 e. The zero-order valence-electron chi connectivity index (χ0n) is 11.1. The quantitative estimate of drug-likeness (QED) is 0.852. The van der Waals surface area contributed by atoms with Crippen LogP contribution >= 0.6 is 11.9 Å². The van der Waals surface area contributed by atoms with E-state index in [-0.39, 0.29) is 5.82 Å². The number of anilines is 1. The van der Waals surface area contributed by atoms with Gasteiger partial charge in [0.2, 0.25) is 0 Å². The molecular formula is C13H18FN3S. The molecule has 2 aromatic rings. The normalized spacial score (nSPS) is 9.61. The number of aromatic nitrogens is 2. The summed E-state index contributed by atoms with van der Waals surface area (Å²) >= 11 is 1.41. The van der Waals surface area contributed by atoms with Gasteiger partial charge in [0.15, 0.2) is 0 Å². The van der Waals surface area contributed by atoms with E-state index in [2.05, 4.69) is 9.82 Å². The van der Waals surface area contributed by atoms with Gasteiger partial charge in [0, 0.05) is 18.9 Å². The molecule has 18 heavy (non-hydrogen) atoms. The van der Waals surface area contributed by atoms with Crippen molar-refractivity contribution in [1.29, 1.82) is 0 Å². The molecule has 1 aromatic carbocycles. The molecule has 0 aliphatic rings. The Morgan fingerprint density at radius 1 is 1.28 bits per heavy atom. The summed E-state index contributed by atoms with van der Waals surface area (Å²) in [6, 6.07) is 4.86. The largest absolute Gasteiger partial charge is 0.325 e. The first kappa shape index (κ1) is 14.6. The first-order chi connectivity index (χ1) is 8.63. The topological polar surface area (TPSA) is 29.9 Å². The molecule has 0 radical (unpaired) electrons. The lowest BCUT2D eigenvalue weighted by Crippen LogP contribution is -1.88. The van der Waals surface area contributed by atoms with Crippen molar-refractivity contribution in [3.63, 3.8) is 0 Å². The Labute approximate surface area is 112 Å². The van der Waals surface area contributed by atoms with Crippen LogP contribution in [-0.2, 0) is 7.05 Å². The van der Waals surface area contributed by atoms with Crippen LogP contribution in [0.3, 0.4) is 0 Å². The average Bonchev–Trinajstić information content (AvgIpc) is 2.74. The van der Waals surface area contributed by atoms with Crippen LogP contribution in [0.15, 0.2) is 35.5 Å². The number of nitrogens with one attached hydrogen (secondary N) is 1. The Morgan fingerprint density at radius 2 is 2.00 bits per heavy atom. The van der Waals surface area contributed by atoms with E-state index in [1.807, 2.05) is 40.1 Å². The summed E-state index contributed by atoms with van der Waals surface area (Å²) < 4.78 is 17.9. The van der Waals surface area contributed by atoms with Gasteiger partial charge >= 0.3 is 0 Å². The standard InChI is InChI=1S/C11H12FN3S.C2H6/c1-8-3-9(12)5-10(4-8)14-16-11-6-13-15(2)7-11;1-2/h3-7,14H,1-2H3;1-2H3. The van der Waals surface area contributed by atoms with Crippen LogP contribution < -0.4 is 4.72 Å². The first-order valence-corrected chi connectivity index (χ1v) is 6.64. The summed E-state index contributed by atoms with van der Waals surface area (Å²) in [6.07, 6.45) is 3.65. The third-order valence-electron chi connectivity index (χ3n) is 2.01. The molecule has 0 unspecified atom stereocenters. The summed E-state index contributed by atoms with van der Waals surface area (Å²) in [5, 5.41) is 4.05. The van der Waals surface area contributed by atoms with Gasteiger partial charge in [-0.2, -0.15) is 5.10 Å². The molecule has 1 heterocycles. The molecule has 1 N–H and O–H groups in total. The molecule has 98 valence electrons. The molecule has 0 aliphatic heterocycles. The number of halogens is 1. The lowest BCUT2D eigenvalue weighted by atomic mass is 10.2. The number of rotatable bonds is 3. The van der Waals surface area contributed by atoms with Gasteiger partial charge in [-0.15, -0.1) is 0 Å². The maximum Gasteiger partial charge on any atom is 0.125 e. The Bertz CT molecular complexity index is 476. The third-order valence-corrected chi connectivity index (χ3v) is 2.79. The van der Waals surface area contributed by atoms with Crippen molar-refractivity contribution in [3.8, 4) is 0 Å². The zero-order valence-corrected chi connectivity index (χ0v) is 11.9. The number of benzene rings is 1. The van der Waals surface area contributed by atoms with Crippen molar-refractivity contribution >= 4 is 17.6 Å². The summed E-state index contributed by atoms with van der Waals surface area (Å²) in [5.74, 6) is -0.228. The highest BCUT2D eigenvalue weighted by Crippen LogP contribution is 2.21. The summed E-state index contributed by atoms with van der Waals surface area (Å²) in [7, 11) is 1.86. The fourth-order valence-corrected chi connectivity index (χ4v) is 2.02. The molecule has 0 saturated carbocycles. The van der Waals surface area contributed by atoms with Crippen LogP contribution in [-0.4, -0.2) is 9.78 Å². The van der Waals surface area contributed by atoms with Crippen molar-refractivity contribution < 1.29 is 4.39 Å². The highest BCUT2D eigenvalue weighted by molar-refractivity contribution is 8.00. The Kier molecular flexibility index (Phi) is 5.71. The first-order valence-electron chi connectivity index (χ1n) is 5.82. The molecule has 2 rings (SSSR count). The molecule has 0 bridgehead atoms. The van der Waals surface area contributed by atoms with Gasteiger partial charge in [0.1, 0.15) is 5.82 Å². The van der Waals surface area contributed by atoms with Crippen LogP contribution in [0.4, 0.5) is 10.1 Å². The molecule has 0 aliphatic carbocycles. The molecule has 0 amide bonds. The van der Waals surface area contributed by atoms with Gasteiger partial charge < -0.3 is 4.72 Å². The summed E-state index contributed by atoms with van der Waals surface area (Å²) in [5.41, 5.74) is 1.65. The molecule has 5 heteroatoms. The van der Waals surface area contributed by atoms with Gasteiger partial charge in [-0.3, -0.25) is 4.68 Å². The van der Waals surface area contributed by atoms with E-state index in [1.165, 1.54) is 24.1 Å². The highest BCUT2D eigenvalue weighted by atomic mass is 32.2. The van der Waals surface area contributed by atoms with Crippen molar-refractivity contribution in [3.05, 3.63) is 42.0 Å². The molecule has 1 aromatic heterocycles. The van der Waals surface area contributed by atoms with Gasteiger partial charge in [-0.25, -0.2) is 4.39 Å². The van der Waals surface area contributed by atoms with E-state index in [0.29, 0.717) is 0 Å². The SMILES string of the molecule is CC.Cc1cc(F)cc(NSc2cnn(C)c2)c1. The predicted molar refractivity (Wildman–Crippen MR) is 75.2 cm³/mol. The van der Waals surface area contributed by atoms with Crippen molar-refractivity contribution in [1.82, 2.24) is 9.78 Å². The van der Waals surface area contributed by atoms with E-state index in [1.54, 1.807) is 10.9 Å². The Balaban J connectivity index is 0.000000771. The molecular weight excluding hydrogens is 249 g/mol. The van der Waals surface area contributed by atoms with E-state index < -0.39 is 0 Å². The number of aryl methyl sites for hydroxylation is 2. The van der Waals surface area contributed by atoms with E-state index >= 15 is 0 Å². The van der Waals surface area contributed by atoms with Gasteiger partial charge in [-0.05, 0) is 42.6 Å². The maximum absolute atomic E-state index is 13.1. The van der Waals surface area contributed by atoms with E-state index in [9.17, 15) is 4.39 Å². The van der Waals surface area contributed by atoms with Gasteiger partial charge in [0.25, 0.3) is 0 Å². The molecule has 0 fully saturated rings. The minimum atomic E-state index is -0.228. The molecule has 0 saturated heterocycles. The second kappa shape index (κ2) is 7.06. The monoisotopic (exact) mass is 267 g/mol. The zero-order chi connectivity index (χ0) is 13.5. The molecule has 3 nitrogen and oxygen atoms in total. The summed E-state index contributed by atoms with van der Waals surface area (Å²) in [6.45, 7) is 5.86.